The van der Waals surface area contributed by atoms with Crippen LogP contribution in [0.1, 0.15) is 105 Å². The van der Waals surface area contributed by atoms with Crippen LogP contribution in [-0.4, -0.2) is 10.7 Å². The van der Waals surface area contributed by atoms with Crippen molar-refractivity contribution in [3.63, 3.8) is 0 Å². The minimum absolute atomic E-state index is 0.427. The predicted octanol–water partition coefficient (Wildman–Crippen LogP) is 6.09. The first-order valence-corrected chi connectivity index (χ1v) is 8.74. The lowest BCUT2D eigenvalue weighted by atomic mass is 9.89. The molecule has 1 heteroatoms. The van der Waals surface area contributed by atoms with Gasteiger partial charge in [0.25, 0.3) is 0 Å². The van der Waals surface area contributed by atoms with Gasteiger partial charge < -0.3 is 5.11 Å². The van der Waals surface area contributed by atoms with Gasteiger partial charge in [-0.15, -0.1) is 0 Å². The zero-order valence-corrected chi connectivity index (χ0v) is 14.0. The largest absolute Gasteiger partial charge is 0.390 e. The molecule has 2 atom stereocenters. The topological polar surface area (TPSA) is 20.2 Å². The van der Waals surface area contributed by atoms with Crippen LogP contribution >= 0.6 is 0 Å². The Balaban J connectivity index is 3.41. The van der Waals surface area contributed by atoms with E-state index in [0.29, 0.717) is 0 Å². The van der Waals surface area contributed by atoms with E-state index in [9.17, 15) is 5.11 Å². The smallest absolute Gasteiger partial charge is 0.0619 e. The van der Waals surface area contributed by atoms with Crippen LogP contribution in [0.15, 0.2) is 0 Å². The van der Waals surface area contributed by atoms with E-state index in [4.69, 9.17) is 0 Å². The zero-order chi connectivity index (χ0) is 14.6. The van der Waals surface area contributed by atoms with Crippen molar-refractivity contribution in [3.05, 3.63) is 0 Å². The van der Waals surface area contributed by atoms with E-state index < -0.39 is 5.60 Å². The van der Waals surface area contributed by atoms with Crippen molar-refractivity contribution in [2.75, 3.05) is 0 Å². The molecule has 116 valence electrons. The van der Waals surface area contributed by atoms with Crippen molar-refractivity contribution in [2.45, 2.75) is 110 Å². The summed E-state index contributed by atoms with van der Waals surface area (Å²) in [7, 11) is 0. The van der Waals surface area contributed by atoms with Gasteiger partial charge in [0.05, 0.1) is 5.60 Å². The summed E-state index contributed by atoms with van der Waals surface area (Å²) in [5, 5.41) is 10.2. The van der Waals surface area contributed by atoms with Gasteiger partial charge >= 0.3 is 0 Å². The van der Waals surface area contributed by atoms with Gasteiger partial charge in [-0.05, 0) is 32.1 Å². The molecule has 0 heterocycles. The SMILES string of the molecule is CCCCCCCCCC(C)CCC(C)(O)CCC. The van der Waals surface area contributed by atoms with E-state index >= 15 is 0 Å². The van der Waals surface area contributed by atoms with Crippen LogP contribution in [0.3, 0.4) is 0 Å². The third-order valence-electron chi connectivity index (χ3n) is 4.26. The Bertz CT molecular complexity index is 186. The van der Waals surface area contributed by atoms with E-state index in [0.717, 1.165) is 25.2 Å². The fourth-order valence-electron chi connectivity index (χ4n) is 2.82. The molecule has 0 amide bonds. The summed E-state index contributed by atoms with van der Waals surface area (Å²) in [4.78, 5) is 0. The monoisotopic (exact) mass is 270 g/mol. The molecule has 0 bridgehead atoms. The molecule has 19 heavy (non-hydrogen) atoms. The van der Waals surface area contributed by atoms with Crippen LogP contribution in [0.2, 0.25) is 0 Å². The van der Waals surface area contributed by atoms with Gasteiger partial charge in [0.1, 0.15) is 0 Å². The highest BCUT2D eigenvalue weighted by atomic mass is 16.3. The van der Waals surface area contributed by atoms with Crippen LogP contribution in [0.25, 0.3) is 0 Å². The van der Waals surface area contributed by atoms with E-state index in [-0.39, 0.29) is 0 Å². The number of hydrogen-bond acceptors (Lipinski definition) is 1. The van der Waals surface area contributed by atoms with Gasteiger partial charge in [-0.3, -0.25) is 0 Å². The van der Waals surface area contributed by atoms with Crippen molar-refractivity contribution < 1.29 is 5.11 Å². The maximum absolute atomic E-state index is 10.2. The molecule has 0 fully saturated rings. The molecule has 0 rings (SSSR count). The summed E-state index contributed by atoms with van der Waals surface area (Å²) >= 11 is 0. The second kappa shape index (κ2) is 11.8. The van der Waals surface area contributed by atoms with Gasteiger partial charge in [-0.25, -0.2) is 0 Å². The number of unbranched alkanes of at least 4 members (excludes halogenated alkanes) is 6. The van der Waals surface area contributed by atoms with Gasteiger partial charge in [0.15, 0.2) is 0 Å². The Morgan fingerprint density at radius 2 is 1.37 bits per heavy atom. The first-order valence-electron chi connectivity index (χ1n) is 8.74. The van der Waals surface area contributed by atoms with Crippen molar-refractivity contribution in [1.82, 2.24) is 0 Å². The molecule has 0 aliphatic rings. The molecule has 0 aromatic rings. The van der Waals surface area contributed by atoms with Crippen LogP contribution in [0, 0.1) is 5.92 Å². The molecule has 0 saturated heterocycles. The Morgan fingerprint density at radius 3 is 1.95 bits per heavy atom. The molecule has 0 aliphatic carbocycles. The summed E-state index contributed by atoms with van der Waals surface area (Å²) < 4.78 is 0. The molecule has 0 aromatic heterocycles. The van der Waals surface area contributed by atoms with Crippen molar-refractivity contribution in [2.24, 2.45) is 5.92 Å². The molecular formula is C18H38O. The Labute approximate surface area is 122 Å². The third kappa shape index (κ3) is 12.7. The average Bonchev–Trinajstić information content (AvgIpc) is 2.35. The third-order valence-corrected chi connectivity index (χ3v) is 4.26. The second-order valence-electron chi connectivity index (χ2n) is 6.80. The molecule has 0 spiro atoms. The maximum Gasteiger partial charge on any atom is 0.0619 e. The van der Waals surface area contributed by atoms with E-state index in [1.807, 2.05) is 6.92 Å². The lowest BCUT2D eigenvalue weighted by Crippen LogP contribution is -2.24. The van der Waals surface area contributed by atoms with Gasteiger partial charge in [0, 0.05) is 0 Å². The fraction of sp³-hybridized carbons (Fsp3) is 1.00. The van der Waals surface area contributed by atoms with Crippen LogP contribution in [-0.2, 0) is 0 Å². The normalized spacial score (nSPS) is 16.3. The number of rotatable bonds is 13. The molecule has 0 radical (unpaired) electrons. The van der Waals surface area contributed by atoms with Crippen molar-refractivity contribution in [1.29, 1.82) is 0 Å². The first-order chi connectivity index (χ1) is 9.02. The second-order valence-corrected chi connectivity index (χ2v) is 6.80. The molecule has 1 nitrogen and oxygen atoms in total. The average molecular weight is 271 g/mol. The Morgan fingerprint density at radius 1 is 0.789 bits per heavy atom. The van der Waals surface area contributed by atoms with Crippen LogP contribution < -0.4 is 0 Å². The number of hydrogen-bond donors (Lipinski definition) is 1. The minimum Gasteiger partial charge on any atom is -0.390 e. The summed E-state index contributed by atoms with van der Waals surface area (Å²) in [5.74, 6) is 0.777. The van der Waals surface area contributed by atoms with E-state index in [2.05, 4.69) is 20.8 Å². The van der Waals surface area contributed by atoms with Gasteiger partial charge in [-0.1, -0.05) is 78.6 Å². The Kier molecular flexibility index (Phi) is 11.7. The lowest BCUT2D eigenvalue weighted by molar-refractivity contribution is 0.0349. The van der Waals surface area contributed by atoms with Crippen LogP contribution in [0.4, 0.5) is 0 Å². The summed E-state index contributed by atoms with van der Waals surface area (Å²) in [6.07, 6.45) is 15.3. The fourth-order valence-corrected chi connectivity index (χ4v) is 2.82. The Hall–Kier alpha value is -0.0400. The van der Waals surface area contributed by atoms with Crippen molar-refractivity contribution >= 4 is 0 Å². The number of aliphatic hydroxyl groups is 1. The van der Waals surface area contributed by atoms with Crippen LogP contribution in [0.5, 0.6) is 0 Å². The van der Waals surface area contributed by atoms with E-state index in [1.165, 1.54) is 57.8 Å². The predicted molar refractivity (Wildman–Crippen MR) is 86.5 cm³/mol. The van der Waals surface area contributed by atoms with Crippen molar-refractivity contribution in [3.8, 4) is 0 Å². The zero-order valence-electron chi connectivity index (χ0n) is 14.0. The first kappa shape index (κ1) is 19.0. The summed E-state index contributed by atoms with van der Waals surface area (Å²) in [5.41, 5.74) is -0.427. The highest BCUT2D eigenvalue weighted by Crippen LogP contribution is 2.24. The van der Waals surface area contributed by atoms with Gasteiger partial charge in [0.2, 0.25) is 0 Å². The molecule has 0 aromatic carbocycles. The minimum atomic E-state index is -0.427. The summed E-state index contributed by atoms with van der Waals surface area (Å²) in [6, 6.07) is 0. The molecule has 0 aliphatic heterocycles. The molecule has 2 unspecified atom stereocenters. The standard InChI is InChI=1S/C18H38O/c1-5-7-8-9-10-11-12-13-17(3)14-16-18(4,19)15-6-2/h17,19H,5-16H2,1-4H3. The van der Waals surface area contributed by atoms with E-state index in [1.54, 1.807) is 0 Å². The molecule has 1 N–H and O–H groups in total. The highest BCUT2D eigenvalue weighted by Gasteiger charge is 2.19. The summed E-state index contributed by atoms with van der Waals surface area (Å²) in [6.45, 7) is 8.77. The quantitative estimate of drug-likeness (QED) is 0.401. The molecular weight excluding hydrogens is 232 g/mol. The lowest BCUT2D eigenvalue weighted by Gasteiger charge is -2.24. The van der Waals surface area contributed by atoms with Gasteiger partial charge in [-0.2, -0.15) is 0 Å². The highest BCUT2D eigenvalue weighted by molar-refractivity contribution is 4.72. The molecule has 0 saturated carbocycles. The maximum atomic E-state index is 10.2.